The Balaban J connectivity index is 1.53. The maximum absolute atomic E-state index is 13.0. The maximum atomic E-state index is 13.0. The third-order valence-electron chi connectivity index (χ3n) is 6.01. The molecule has 33 heavy (non-hydrogen) atoms. The van der Waals surface area contributed by atoms with E-state index in [0.29, 0.717) is 22.6 Å². The van der Waals surface area contributed by atoms with Gasteiger partial charge >= 0.3 is 0 Å². The number of H-pyrrole nitrogens is 1. The van der Waals surface area contributed by atoms with E-state index < -0.39 is 0 Å². The average Bonchev–Trinajstić information content (AvgIpc) is 3.42. The molecule has 0 saturated carbocycles. The highest BCUT2D eigenvalue weighted by Gasteiger charge is 2.27. The van der Waals surface area contributed by atoms with Gasteiger partial charge in [-0.3, -0.25) is 4.79 Å². The number of nitrogens with zero attached hydrogens (tertiary/aromatic N) is 1. The lowest BCUT2D eigenvalue weighted by Gasteiger charge is -2.06. The molecule has 1 heterocycles. The number of nitrogens with one attached hydrogen (secondary N) is 1. The van der Waals surface area contributed by atoms with E-state index in [9.17, 15) is 15.0 Å². The molecule has 0 spiro atoms. The molecule has 1 aromatic heterocycles. The fraction of sp³-hybridized carbons (Fsp3) is 0. The van der Waals surface area contributed by atoms with Crippen LogP contribution in [0.3, 0.4) is 0 Å². The summed E-state index contributed by atoms with van der Waals surface area (Å²) in [5.74, 6) is 0.162. The number of ketones is 1. The standard InChI is InChI=1S/C28H18N2O3/c31-23-13-11-18(15-24(23)32)28-29-25(16-6-2-1-3-7-16)26(30-28)17-10-12-20-19-8-4-5-9-21(19)27(33)22(20)14-17/h1-15,31-32H,(H,29,30). The summed E-state index contributed by atoms with van der Waals surface area (Å²) in [6.07, 6.45) is 0. The Labute approximate surface area is 189 Å². The molecule has 0 unspecified atom stereocenters. The molecule has 3 N–H and O–H groups in total. The number of rotatable bonds is 3. The maximum Gasteiger partial charge on any atom is 0.194 e. The van der Waals surface area contributed by atoms with Gasteiger partial charge in [0.05, 0.1) is 11.4 Å². The number of phenols is 2. The zero-order valence-electron chi connectivity index (χ0n) is 17.4. The smallest absolute Gasteiger partial charge is 0.194 e. The number of carbonyl (C=O) groups is 1. The minimum Gasteiger partial charge on any atom is -0.504 e. The summed E-state index contributed by atoms with van der Waals surface area (Å²) in [4.78, 5) is 21.2. The van der Waals surface area contributed by atoms with Crippen LogP contribution in [0.15, 0.2) is 91.0 Å². The second kappa shape index (κ2) is 7.21. The number of phenolic OH excluding ortho intramolecular Hbond substituents is 2. The predicted molar refractivity (Wildman–Crippen MR) is 127 cm³/mol. The topological polar surface area (TPSA) is 86.2 Å². The van der Waals surface area contributed by atoms with Crippen LogP contribution in [0.5, 0.6) is 11.5 Å². The third-order valence-corrected chi connectivity index (χ3v) is 6.01. The Morgan fingerprint density at radius 1 is 0.606 bits per heavy atom. The van der Waals surface area contributed by atoms with E-state index in [-0.39, 0.29) is 17.3 Å². The first-order valence-corrected chi connectivity index (χ1v) is 10.6. The summed E-state index contributed by atoms with van der Waals surface area (Å²) in [6.45, 7) is 0. The number of carbonyl (C=O) groups excluding carboxylic acids is 1. The average molecular weight is 430 g/mol. The van der Waals surface area contributed by atoms with Crippen molar-refractivity contribution in [2.24, 2.45) is 0 Å². The number of hydrogen-bond donors (Lipinski definition) is 3. The number of benzene rings is 4. The van der Waals surface area contributed by atoms with Gasteiger partial charge in [0.25, 0.3) is 0 Å². The predicted octanol–water partition coefficient (Wildman–Crippen LogP) is 6.03. The van der Waals surface area contributed by atoms with E-state index in [1.54, 1.807) is 6.07 Å². The highest BCUT2D eigenvalue weighted by molar-refractivity contribution is 6.22. The first kappa shape index (κ1) is 19.1. The first-order chi connectivity index (χ1) is 16.1. The van der Waals surface area contributed by atoms with Gasteiger partial charge in [-0.25, -0.2) is 4.98 Å². The molecule has 6 rings (SSSR count). The van der Waals surface area contributed by atoms with Crippen molar-refractivity contribution in [1.29, 1.82) is 0 Å². The molecule has 0 radical (unpaired) electrons. The Morgan fingerprint density at radius 2 is 1.30 bits per heavy atom. The van der Waals surface area contributed by atoms with Crippen LogP contribution in [0.2, 0.25) is 0 Å². The zero-order valence-corrected chi connectivity index (χ0v) is 17.4. The van der Waals surface area contributed by atoms with Crippen molar-refractivity contribution < 1.29 is 15.0 Å². The normalized spacial score (nSPS) is 11.9. The molecule has 5 nitrogen and oxygen atoms in total. The quantitative estimate of drug-likeness (QED) is 0.299. The van der Waals surface area contributed by atoms with Crippen LogP contribution in [-0.4, -0.2) is 26.0 Å². The van der Waals surface area contributed by atoms with Crippen molar-refractivity contribution >= 4 is 5.78 Å². The summed E-state index contributed by atoms with van der Waals surface area (Å²) < 4.78 is 0. The van der Waals surface area contributed by atoms with Gasteiger partial charge < -0.3 is 15.2 Å². The van der Waals surface area contributed by atoms with Gasteiger partial charge in [0, 0.05) is 27.8 Å². The molecule has 0 amide bonds. The molecule has 0 bridgehead atoms. The summed E-state index contributed by atoms with van der Waals surface area (Å²) in [6, 6.07) is 27.9. The van der Waals surface area contributed by atoms with Gasteiger partial charge in [-0.15, -0.1) is 0 Å². The monoisotopic (exact) mass is 430 g/mol. The molecule has 5 heteroatoms. The van der Waals surface area contributed by atoms with Crippen LogP contribution in [0.25, 0.3) is 45.0 Å². The van der Waals surface area contributed by atoms with E-state index >= 15 is 0 Å². The van der Waals surface area contributed by atoms with Gasteiger partial charge in [0.1, 0.15) is 5.82 Å². The molecule has 0 fully saturated rings. The molecular weight excluding hydrogens is 412 g/mol. The van der Waals surface area contributed by atoms with Crippen LogP contribution in [0, 0.1) is 0 Å². The highest BCUT2D eigenvalue weighted by atomic mass is 16.3. The lowest BCUT2D eigenvalue weighted by atomic mass is 9.99. The van der Waals surface area contributed by atoms with Gasteiger partial charge in [-0.05, 0) is 35.4 Å². The number of fused-ring (bicyclic) bond motifs is 3. The van der Waals surface area contributed by atoms with Gasteiger partial charge in [-0.2, -0.15) is 0 Å². The number of imidazole rings is 1. The zero-order chi connectivity index (χ0) is 22.5. The first-order valence-electron chi connectivity index (χ1n) is 10.6. The Hall–Kier alpha value is -4.64. The summed E-state index contributed by atoms with van der Waals surface area (Å²) in [5.41, 5.74) is 7.18. The minimum atomic E-state index is -0.215. The largest absolute Gasteiger partial charge is 0.504 e. The third kappa shape index (κ3) is 3.02. The Kier molecular flexibility index (Phi) is 4.17. The summed E-state index contributed by atoms with van der Waals surface area (Å²) in [5, 5.41) is 19.6. The molecule has 1 aliphatic rings. The fourth-order valence-corrected chi connectivity index (χ4v) is 4.38. The molecule has 0 aliphatic heterocycles. The molecule has 0 atom stereocenters. The van der Waals surface area contributed by atoms with Crippen LogP contribution in [-0.2, 0) is 0 Å². The Bertz CT molecular complexity index is 1550. The van der Waals surface area contributed by atoms with Crippen LogP contribution >= 0.6 is 0 Å². The number of aromatic hydroxyl groups is 2. The number of aromatic nitrogens is 2. The van der Waals surface area contributed by atoms with Crippen molar-refractivity contribution in [3.8, 4) is 56.5 Å². The van der Waals surface area contributed by atoms with Gasteiger partial charge in [0.15, 0.2) is 17.3 Å². The van der Waals surface area contributed by atoms with E-state index in [0.717, 1.165) is 33.5 Å². The molecule has 0 saturated heterocycles. The highest BCUT2D eigenvalue weighted by Crippen LogP contribution is 2.40. The van der Waals surface area contributed by atoms with Crippen molar-refractivity contribution in [3.05, 3.63) is 102 Å². The minimum absolute atomic E-state index is 0.0166. The fourth-order valence-electron chi connectivity index (χ4n) is 4.38. The van der Waals surface area contributed by atoms with Crippen LogP contribution in [0.4, 0.5) is 0 Å². The second-order valence-electron chi connectivity index (χ2n) is 8.01. The van der Waals surface area contributed by atoms with Crippen molar-refractivity contribution in [2.45, 2.75) is 0 Å². The van der Waals surface area contributed by atoms with Crippen molar-refractivity contribution in [3.63, 3.8) is 0 Å². The lowest BCUT2D eigenvalue weighted by Crippen LogP contribution is -1.95. The number of hydrogen-bond acceptors (Lipinski definition) is 4. The molecule has 5 aromatic rings. The molecule has 4 aromatic carbocycles. The van der Waals surface area contributed by atoms with E-state index in [2.05, 4.69) is 4.98 Å². The summed E-state index contributed by atoms with van der Waals surface area (Å²) in [7, 11) is 0. The molecule has 1 aliphatic carbocycles. The van der Waals surface area contributed by atoms with E-state index in [1.807, 2.05) is 72.8 Å². The van der Waals surface area contributed by atoms with Gasteiger partial charge in [0.2, 0.25) is 0 Å². The SMILES string of the molecule is O=C1c2ccccc2-c2ccc(-c3nc(-c4ccc(O)c(O)c4)[nH]c3-c3ccccc3)cc21. The lowest BCUT2D eigenvalue weighted by molar-refractivity contribution is 0.104. The number of aromatic amines is 1. The molecular formula is C28H18N2O3. The van der Waals surface area contributed by atoms with E-state index in [4.69, 9.17) is 4.98 Å². The Morgan fingerprint density at radius 3 is 2.09 bits per heavy atom. The summed E-state index contributed by atoms with van der Waals surface area (Å²) >= 11 is 0. The van der Waals surface area contributed by atoms with Crippen molar-refractivity contribution in [1.82, 2.24) is 9.97 Å². The van der Waals surface area contributed by atoms with Gasteiger partial charge in [-0.1, -0.05) is 66.7 Å². The van der Waals surface area contributed by atoms with Crippen LogP contribution in [0.1, 0.15) is 15.9 Å². The molecule has 158 valence electrons. The van der Waals surface area contributed by atoms with Crippen LogP contribution < -0.4 is 0 Å². The van der Waals surface area contributed by atoms with Crippen molar-refractivity contribution in [2.75, 3.05) is 0 Å². The second-order valence-corrected chi connectivity index (χ2v) is 8.01. The van der Waals surface area contributed by atoms with E-state index in [1.165, 1.54) is 12.1 Å².